The first-order valence-corrected chi connectivity index (χ1v) is 6.36. The molecular weight excluding hydrogens is 242 g/mol. The quantitative estimate of drug-likeness (QED) is 0.828. The van der Waals surface area contributed by atoms with Crippen molar-refractivity contribution in [3.63, 3.8) is 0 Å². The smallest absolute Gasteiger partial charge is 0.321 e. The Labute approximate surface area is 114 Å². The molecule has 1 rings (SSSR count). The standard InChI is InChI=1S/C14H23N3O2/c1-11(15-2)12-6-5-7-13(10-12)16-14(18)17(3)8-9-19-4/h5-7,10-11,15H,8-9H2,1-4H3,(H,16,18). The van der Waals surface area contributed by atoms with Gasteiger partial charge < -0.3 is 20.3 Å². The van der Waals surface area contributed by atoms with E-state index < -0.39 is 0 Å². The Balaban J connectivity index is 2.63. The molecule has 0 aromatic heterocycles. The second kappa shape index (κ2) is 7.76. The van der Waals surface area contributed by atoms with Gasteiger partial charge in [0.15, 0.2) is 0 Å². The summed E-state index contributed by atoms with van der Waals surface area (Å²) in [6.07, 6.45) is 0. The van der Waals surface area contributed by atoms with E-state index in [-0.39, 0.29) is 12.1 Å². The van der Waals surface area contributed by atoms with E-state index in [1.807, 2.05) is 31.3 Å². The van der Waals surface area contributed by atoms with Gasteiger partial charge in [0.05, 0.1) is 6.61 Å². The molecule has 0 aliphatic carbocycles. The van der Waals surface area contributed by atoms with Gasteiger partial charge in [0, 0.05) is 32.4 Å². The number of amides is 2. The van der Waals surface area contributed by atoms with E-state index in [9.17, 15) is 4.79 Å². The summed E-state index contributed by atoms with van der Waals surface area (Å²) in [5, 5.41) is 6.05. The number of carbonyl (C=O) groups excluding carboxylic acids is 1. The predicted molar refractivity (Wildman–Crippen MR) is 77.4 cm³/mol. The topological polar surface area (TPSA) is 53.6 Å². The Hall–Kier alpha value is -1.59. The minimum Gasteiger partial charge on any atom is -0.383 e. The van der Waals surface area contributed by atoms with Crippen molar-refractivity contribution in [2.45, 2.75) is 13.0 Å². The molecule has 1 aromatic carbocycles. The fraction of sp³-hybridized carbons (Fsp3) is 0.500. The molecule has 0 fully saturated rings. The van der Waals surface area contributed by atoms with Crippen LogP contribution in [0.1, 0.15) is 18.5 Å². The monoisotopic (exact) mass is 265 g/mol. The maximum absolute atomic E-state index is 11.9. The minimum absolute atomic E-state index is 0.133. The molecular formula is C14H23N3O2. The summed E-state index contributed by atoms with van der Waals surface area (Å²) in [6, 6.07) is 7.95. The summed E-state index contributed by atoms with van der Waals surface area (Å²) in [4.78, 5) is 13.5. The van der Waals surface area contributed by atoms with Crippen LogP contribution in [-0.2, 0) is 4.74 Å². The van der Waals surface area contributed by atoms with E-state index in [2.05, 4.69) is 17.6 Å². The van der Waals surface area contributed by atoms with Crippen molar-refractivity contribution in [3.05, 3.63) is 29.8 Å². The van der Waals surface area contributed by atoms with Gasteiger partial charge in [-0.1, -0.05) is 12.1 Å². The molecule has 0 aliphatic rings. The van der Waals surface area contributed by atoms with Gasteiger partial charge in [0.1, 0.15) is 0 Å². The molecule has 0 heterocycles. The number of hydrogen-bond donors (Lipinski definition) is 2. The maximum Gasteiger partial charge on any atom is 0.321 e. The van der Waals surface area contributed by atoms with Gasteiger partial charge in [-0.25, -0.2) is 4.79 Å². The van der Waals surface area contributed by atoms with Gasteiger partial charge >= 0.3 is 6.03 Å². The van der Waals surface area contributed by atoms with Gasteiger partial charge in [-0.05, 0) is 31.7 Å². The second-order valence-electron chi connectivity index (χ2n) is 4.48. The summed E-state index contributed by atoms with van der Waals surface area (Å²) in [5.41, 5.74) is 1.94. The first-order chi connectivity index (χ1) is 9.08. The van der Waals surface area contributed by atoms with Crippen LogP contribution < -0.4 is 10.6 Å². The fourth-order valence-electron chi connectivity index (χ4n) is 1.60. The number of urea groups is 1. The average molecular weight is 265 g/mol. The van der Waals surface area contributed by atoms with Gasteiger partial charge in [0.2, 0.25) is 0 Å². The van der Waals surface area contributed by atoms with Gasteiger partial charge in [0.25, 0.3) is 0 Å². The van der Waals surface area contributed by atoms with Crippen molar-refractivity contribution in [1.82, 2.24) is 10.2 Å². The van der Waals surface area contributed by atoms with E-state index in [4.69, 9.17) is 4.74 Å². The first-order valence-electron chi connectivity index (χ1n) is 6.36. The molecule has 2 amide bonds. The summed E-state index contributed by atoms with van der Waals surface area (Å²) < 4.78 is 4.95. The third-order valence-corrected chi connectivity index (χ3v) is 3.05. The molecule has 1 unspecified atom stereocenters. The van der Waals surface area contributed by atoms with Gasteiger partial charge in [-0.3, -0.25) is 0 Å². The summed E-state index contributed by atoms with van der Waals surface area (Å²) >= 11 is 0. The molecule has 0 bridgehead atoms. The van der Waals surface area contributed by atoms with Crippen LogP contribution in [0, 0.1) is 0 Å². The minimum atomic E-state index is -0.133. The first kappa shape index (κ1) is 15.5. The number of rotatable bonds is 6. The van der Waals surface area contributed by atoms with Crippen molar-refractivity contribution in [2.24, 2.45) is 0 Å². The normalized spacial score (nSPS) is 12.0. The van der Waals surface area contributed by atoms with Crippen LogP contribution in [0.4, 0.5) is 10.5 Å². The molecule has 19 heavy (non-hydrogen) atoms. The van der Waals surface area contributed by atoms with Crippen molar-refractivity contribution in [3.8, 4) is 0 Å². The SMILES string of the molecule is CNC(C)c1cccc(NC(=O)N(C)CCOC)c1. The van der Waals surface area contributed by atoms with Crippen molar-refractivity contribution in [2.75, 3.05) is 39.7 Å². The van der Waals surface area contributed by atoms with Crippen LogP contribution in [0.15, 0.2) is 24.3 Å². The van der Waals surface area contributed by atoms with Crippen LogP contribution in [0.2, 0.25) is 0 Å². The number of likely N-dealkylation sites (N-methyl/N-ethyl adjacent to an activating group) is 1. The highest BCUT2D eigenvalue weighted by Crippen LogP contribution is 2.17. The number of nitrogens with one attached hydrogen (secondary N) is 2. The van der Waals surface area contributed by atoms with E-state index in [0.29, 0.717) is 13.2 Å². The number of carbonyl (C=O) groups is 1. The lowest BCUT2D eigenvalue weighted by atomic mass is 10.1. The highest BCUT2D eigenvalue weighted by atomic mass is 16.5. The van der Waals surface area contributed by atoms with Crippen LogP contribution in [0.5, 0.6) is 0 Å². The second-order valence-corrected chi connectivity index (χ2v) is 4.48. The summed E-state index contributed by atoms with van der Waals surface area (Å²) in [7, 11) is 5.28. The number of hydrogen-bond acceptors (Lipinski definition) is 3. The molecule has 0 radical (unpaired) electrons. The Morgan fingerprint density at radius 3 is 2.84 bits per heavy atom. The zero-order valence-corrected chi connectivity index (χ0v) is 12.1. The third kappa shape index (κ3) is 4.89. The number of ether oxygens (including phenoxy) is 1. The number of nitrogens with zero attached hydrogens (tertiary/aromatic N) is 1. The molecule has 0 aliphatic heterocycles. The van der Waals surface area contributed by atoms with E-state index in [1.165, 1.54) is 0 Å². The van der Waals surface area contributed by atoms with Crippen molar-refractivity contribution >= 4 is 11.7 Å². The number of benzene rings is 1. The summed E-state index contributed by atoms with van der Waals surface area (Å²) in [5.74, 6) is 0. The van der Waals surface area contributed by atoms with Gasteiger partial charge in [-0.15, -0.1) is 0 Å². The van der Waals surface area contributed by atoms with Crippen LogP contribution in [-0.4, -0.2) is 45.3 Å². The molecule has 0 saturated carbocycles. The molecule has 2 N–H and O–H groups in total. The summed E-state index contributed by atoms with van der Waals surface area (Å²) in [6.45, 7) is 3.17. The van der Waals surface area contributed by atoms with Crippen molar-refractivity contribution in [1.29, 1.82) is 0 Å². The molecule has 5 heteroatoms. The number of methoxy groups -OCH3 is 1. The lowest BCUT2D eigenvalue weighted by molar-refractivity contribution is 0.165. The van der Waals surface area contributed by atoms with Crippen LogP contribution in [0.3, 0.4) is 0 Å². The largest absolute Gasteiger partial charge is 0.383 e. The van der Waals surface area contributed by atoms with Crippen LogP contribution in [0.25, 0.3) is 0 Å². The predicted octanol–water partition coefficient (Wildman–Crippen LogP) is 2.08. The molecule has 1 aromatic rings. The zero-order valence-electron chi connectivity index (χ0n) is 12.1. The van der Waals surface area contributed by atoms with Crippen LogP contribution >= 0.6 is 0 Å². The Kier molecular flexibility index (Phi) is 6.32. The zero-order chi connectivity index (χ0) is 14.3. The van der Waals surface area contributed by atoms with Gasteiger partial charge in [-0.2, -0.15) is 0 Å². The van der Waals surface area contributed by atoms with E-state index >= 15 is 0 Å². The van der Waals surface area contributed by atoms with E-state index in [0.717, 1.165) is 11.3 Å². The molecule has 106 valence electrons. The molecule has 0 spiro atoms. The molecule has 0 saturated heterocycles. The van der Waals surface area contributed by atoms with Crippen molar-refractivity contribution < 1.29 is 9.53 Å². The number of anilines is 1. The maximum atomic E-state index is 11.9. The molecule has 5 nitrogen and oxygen atoms in total. The lowest BCUT2D eigenvalue weighted by Crippen LogP contribution is -2.33. The Morgan fingerprint density at radius 2 is 2.21 bits per heavy atom. The Bertz CT molecular complexity index is 409. The highest BCUT2D eigenvalue weighted by molar-refractivity contribution is 5.89. The fourth-order valence-corrected chi connectivity index (χ4v) is 1.60. The van der Waals surface area contributed by atoms with E-state index in [1.54, 1.807) is 19.1 Å². The average Bonchev–Trinajstić information content (AvgIpc) is 2.44. The lowest BCUT2D eigenvalue weighted by Gasteiger charge is -2.18. The highest BCUT2D eigenvalue weighted by Gasteiger charge is 2.09. The third-order valence-electron chi connectivity index (χ3n) is 3.05. The Morgan fingerprint density at radius 1 is 1.47 bits per heavy atom. The molecule has 1 atom stereocenters.